The van der Waals surface area contributed by atoms with Crippen LogP contribution in [0.25, 0.3) is 0 Å². The molecule has 0 atom stereocenters. The SMILES string of the molecule is N#Cc1ccc(C#Cc2cc(O/C(NN)=C(/N)C(=O)O)ccc2F)cc1. The van der Waals surface area contributed by atoms with Gasteiger partial charge in [-0.25, -0.2) is 15.0 Å². The molecule has 0 unspecified atom stereocenters. The van der Waals surface area contributed by atoms with E-state index in [0.717, 1.165) is 6.07 Å². The van der Waals surface area contributed by atoms with E-state index in [1.54, 1.807) is 24.3 Å². The molecule has 0 aliphatic rings. The average Bonchev–Trinajstić information content (AvgIpc) is 2.66. The Labute approximate surface area is 148 Å². The first kappa shape index (κ1) is 18.3. The number of nitrogens with one attached hydrogen (secondary N) is 1. The van der Waals surface area contributed by atoms with Crippen molar-refractivity contribution in [2.45, 2.75) is 0 Å². The molecule has 0 amide bonds. The van der Waals surface area contributed by atoms with Crippen LogP contribution in [0, 0.1) is 29.0 Å². The molecule has 0 radical (unpaired) electrons. The summed E-state index contributed by atoms with van der Waals surface area (Å²) in [7, 11) is 0. The molecule has 26 heavy (non-hydrogen) atoms. The van der Waals surface area contributed by atoms with E-state index in [4.69, 9.17) is 26.7 Å². The third-order valence-electron chi connectivity index (χ3n) is 3.12. The molecule has 0 aliphatic heterocycles. The van der Waals surface area contributed by atoms with Crippen molar-refractivity contribution in [2.75, 3.05) is 0 Å². The number of halogens is 1. The topological polar surface area (TPSA) is 134 Å². The van der Waals surface area contributed by atoms with Crippen molar-refractivity contribution in [3.8, 4) is 23.7 Å². The number of carboxylic acids is 1. The summed E-state index contributed by atoms with van der Waals surface area (Å²) in [5.41, 5.74) is 7.83. The maximum absolute atomic E-state index is 13.9. The Balaban J connectivity index is 2.30. The number of hydrogen-bond acceptors (Lipinski definition) is 6. The van der Waals surface area contributed by atoms with E-state index < -0.39 is 23.4 Å². The zero-order valence-corrected chi connectivity index (χ0v) is 13.3. The second-order valence-corrected chi connectivity index (χ2v) is 4.88. The number of benzene rings is 2. The lowest BCUT2D eigenvalue weighted by Crippen LogP contribution is -2.31. The van der Waals surface area contributed by atoms with Gasteiger partial charge >= 0.3 is 5.97 Å². The highest BCUT2D eigenvalue weighted by atomic mass is 19.1. The summed E-state index contributed by atoms with van der Waals surface area (Å²) >= 11 is 0. The average molecular weight is 352 g/mol. The van der Waals surface area contributed by atoms with E-state index >= 15 is 0 Å². The van der Waals surface area contributed by atoms with E-state index in [9.17, 15) is 9.18 Å². The Morgan fingerprint density at radius 3 is 2.38 bits per heavy atom. The number of carboxylic acid groups (broad SMARTS) is 1. The van der Waals surface area contributed by atoms with Gasteiger partial charge in [0, 0.05) is 5.56 Å². The molecule has 8 heteroatoms. The molecule has 0 fully saturated rings. The third kappa shape index (κ3) is 4.51. The quantitative estimate of drug-likeness (QED) is 0.213. The van der Waals surface area contributed by atoms with Crippen molar-refractivity contribution in [3.05, 3.63) is 76.6 Å². The van der Waals surface area contributed by atoms with Crippen molar-refractivity contribution < 1.29 is 19.0 Å². The van der Waals surface area contributed by atoms with Gasteiger partial charge in [-0.1, -0.05) is 11.8 Å². The van der Waals surface area contributed by atoms with E-state index in [1.165, 1.54) is 12.1 Å². The van der Waals surface area contributed by atoms with Gasteiger partial charge in [-0.05, 0) is 42.5 Å². The summed E-state index contributed by atoms with van der Waals surface area (Å²) in [5, 5.41) is 17.6. The van der Waals surface area contributed by atoms with Gasteiger partial charge in [-0.15, -0.1) is 0 Å². The van der Waals surface area contributed by atoms with Crippen LogP contribution in [0.15, 0.2) is 54.0 Å². The molecule has 0 aromatic heterocycles. The number of hydrogen-bond donors (Lipinski definition) is 4. The first-order valence-corrected chi connectivity index (χ1v) is 7.14. The number of rotatable bonds is 4. The summed E-state index contributed by atoms with van der Waals surface area (Å²) in [6.07, 6.45) is 0. The maximum atomic E-state index is 13.9. The smallest absolute Gasteiger partial charge is 0.357 e. The lowest BCUT2D eigenvalue weighted by Gasteiger charge is -2.11. The summed E-state index contributed by atoms with van der Waals surface area (Å²) in [6.45, 7) is 0. The number of nitrogens with zero attached hydrogens (tertiary/aromatic N) is 1. The molecular weight excluding hydrogens is 339 g/mol. The van der Waals surface area contributed by atoms with Gasteiger partial charge in [0.25, 0.3) is 0 Å². The summed E-state index contributed by atoms with van der Waals surface area (Å²) in [5.74, 6) is 8.27. The van der Waals surface area contributed by atoms with Crippen molar-refractivity contribution in [2.24, 2.45) is 11.6 Å². The van der Waals surface area contributed by atoms with Gasteiger partial charge in [0.15, 0.2) is 5.70 Å². The van der Waals surface area contributed by atoms with Gasteiger partial charge in [-0.2, -0.15) is 5.26 Å². The number of hydrazine groups is 1. The van der Waals surface area contributed by atoms with Crippen LogP contribution in [-0.2, 0) is 4.79 Å². The molecule has 2 rings (SSSR count). The molecule has 0 spiro atoms. The van der Waals surface area contributed by atoms with Crippen LogP contribution >= 0.6 is 0 Å². The second-order valence-electron chi connectivity index (χ2n) is 4.88. The lowest BCUT2D eigenvalue weighted by molar-refractivity contribution is -0.132. The fourth-order valence-corrected chi connectivity index (χ4v) is 1.81. The standard InChI is InChI=1S/C18H13FN4O3/c19-15-8-7-14(26-17(23-22)16(21)18(24)25)9-13(15)6-5-11-1-3-12(10-20)4-2-11/h1-4,7-9,23H,21-22H2,(H,24,25)/b17-16+. The minimum Gasteiger partial charge on any atom is -0.476 e. The number of nitriles is 1. The highest BCUT2D eigenvalue weighted by Crippen LogP contribution is 2.18. The molecule has 2 aromatic carbocycles. The number of nitrogens with two attached hydrogens (primary N) is 2. The maximum Gasteiger partial charge on any atom is 0.357 e. The number of aliphatic carboxylic acids is 1. The molecule has 0 bridgehead atoms. The van der Waals surface area contributed by atoms with Crippen molar-refractivity contribution in [1.82, 2.24) is 5.43 Å². The summed E-state index contributed by atoms with van der Waals surface area (Å²) in [4.78, 5) is 10.9. The van der Waals surface area contributed by atoms with Gasteiger partial charge in [0.1, 0.15) is 11.6 Å². The number of carbonyl (C=O) groups is 1. The molecule has 130 valence electrons. The van der Waals surface area contributed by atoms with Crippen molar-refractivity contribution in [1.29, 1.82) is 5.26 Å². The van der Waals surface area contributed by atoms with Gasteiger partial charge in [-0.3, -0.25) is 5.43 Å². The molecule has 0 saturated heterocycles. The molecule has 0 aliphatic carbocycles. The Bertz CT molecular complexity index is 967. The Hall–Kier alpha value is -4.01. The van der Waals surface area contributed by atoms with Crippen LogP contribution < -0.4 is 21.7 Å². The largest absolute Gasteiger partial charge is 0.476 e. The predicted molar refractivity (Wildman–Crippen MR) is 90.3 cm³/mol. The number of ether oxygens (including phenoxy) is 1. The van der Waals surface area contributed by atoms with Gasteiger partial charge in [0.2, 0.25) is 5.88 Å². The molecule has 6 N–H and O–H groups in total. The normalized spacial score (nSPS) is 10.7. The van der Waals surface area contributed by atoms with Crippen molar-refractivity contribution >= 4 is 5.97 Å². The fourth-order valence-electron chi connectivity index (χ4n) is 1.81. The molecular formula is C18H13FN4O3. The van der Waals surface area contributed by atoms with E-state index in [2.05, 4.69) is 11.8 Å². The van der Waals surface area contributed by atoms with E-state index in [1.807, 2.05) is 11.5 Å². The highest BCUT2D eigenvalue weighted by Gasteiger charge is 2.13. The van der Waals surface area contributed by atoms with Crippen LogP contribution in [0.3, 0.4) is 0 Å². The lowest BCUT2D eigenvalue weighted by atomic mass is 10.1. The van der Waals surface area contributed by atoms with E-state index in [0.29, 0.717) is 11.1 Å². The second kappa shape index (κ2) is 8.20. The molecule has 2 aromatic rings. The molecule has 7 nitrogen and oxygen atoms in total. The minimum absolute atomic E-state index is 0.0251. The Kier molecular flexibility index (Phi) is 5.78. The summed E-state index contributed by atoms with van der Waals surface area (Å²) < 4.78 is 19.2. The predicted octanol–water partition coefficient (Wildman–Crippen LogP) is 1.15. The zero-order valence-electron chi connectivity index (χ0n) is 13.3. The van der Waals surface area contributed by atoms with Crippen LogP contribution in [0.4, 0.5) is 4.39 Å². The first-order valence-electron chi connectivity index (χ1n) is 7.14. The van der Waals surface area contributed by atoms with Crippen LogP contribution in [0.1, 0.15) is 16.7 Å². The summed E-state index contributed by atoms with van der Waals surface area (Å²) in [6, 6.07) is 12.1. The Morgan fingerprint density at radius 1 is 1.15 bits per heavy atom. The third-order valence-corrected chi connectivity index (χ3v) is 3.12. The Morgan fingerprint density at radius 2 is 1.81 bits per heavy atom. The first-order chi connectivity index (χ1) is 12.4. The zero-order chi connectivity index (χ0) is 19.1. The van der Waals surface area contributed by atoms with Crippen LogP contribution in [-0.4, -0.2) is 11.1 Å². The molecule has 0 saturated carbocycles. The van der Waals surface area contributed by atoms with E-state index in [-0.39, 0.29) is 11.3 Å². The monoisotopic (exact) mass is 352 g/mol. The van der Waals surface area contributed by atoms with Crippen LogP contribution in [0.5, 0.6) is 5.75 Å². The van der Waals surface area contributed by atoms with Gasteiger partial charge in [0.05, 0.1) is 17.2 Å². The fraction of sp³-hybridized carbons (Fsp3) is 0. The van der Waals surface area contributed by atoms with Gasteiger partial charge < -0.3 is 15.6 Å². The molecule has 0 heterocycles. The van der Waals surface area contributed by atoms with Crippen LogP contribution in [0.2, 0.25) is 0 Å². The van der Waals surface area contributed by atoms with Crippen molar-refractivity contribution in [3.63, 3.8) is 0 Å². The minimum atomic E-state index is -1.43. The highest BCUT2D eigenvalue weighted by molar-refractivity contribution is 5.85.